The van der Waals surface area contributed by atoms with Crippen LogP contribution in [0.5, 0.6) is 0 Å². The van der Waals surface area contributed by atoms with Gasteiger partial charge in [0, 0.05) is 19.6 Å². The van der Waals surface area contributed by atoms with Gasteiger partial charge in [0.1, 0.15) is 0 Å². The second-order valence-electron chi connectivity index (χ2n) is 4.46. The molecule has 2 rings (SSSR count). The maximum absolute atomic E-state index is 11.2. The molecule has 0 aromatic carbocycles. The number of hydrogen-bond donors (Lipinski definition) is 0. The lowest BCUT2D eigenvalue weighted by Crippen LogP contribution is -2.44. The third kappa shape index (κ3) is 4.08. The lowest BCUT2D eigenvalue weighted by atomic mass is 10.2. The number of carbonyl (C=O) groups is 1. The van der Waals surface area contributed by atoms with Crippen molar-refractivity contribution in [3.63, 3.8) is 0 Å². The van der Waals surface area contributed by atoms with Crippen LogP contribution in [-0.4, -0.2) is 50.3 Å². The van der Waals surface area contributed by atoms with Crippen molar-refractivity contribution in [3.8, 4) is 0 Å². The van der Waals surface area contributed by atoms with Gasteiger partial charge in [0.05, 0.1) is 26.2 Å². The van der Waals surface area contributed by atoms with Crippen LogP contribution in [0.3, 0.4) is 0 Å². The van der Waals surface area contributed by atoms with E-state index in [9.17, 15) is 4.79 Å². The zero-order chi connectivity index (χ0) is 12.8. The molecule has 1 aromatic heterocycles. The summed E-state index contributed by atoms with van der Waals surface area (Å²) >= 11 is 1.73. The average Bonchev–Trinajstić information content (AvgIpc) is 2.90. The lowest BCUT2D eigenvalue weighted by Gasteiger charge is -2.32. The molecular weight excluding hydrogens is 250 g/mol. The average molecular weight is 269 g/mol. The smallest absolute Gasteiger partial charge is 0.308 e. The Kier molecular flexibility index (Phi) is 5.16. The first kappa shape index (κ1) is 13.5. The number of rotatable bonds is 5. The minimum absolute atomic E-state index is 0.0197. The summed E-state index contributed by atoms with van der Waals surface area (Å²) in [6.07, 6.45) is 1.40. The summed E-state index contributed by atoms with van der Waals surface area (Å²) in [5.41, 5.74) is 1.39. The monoisotopic (exact) mass is 269 g/mol. The maximum atomic E-state index is 11.2. The largest absolute Gasteiger partial charge is 0.469 e. The number of methoxy groups -OCH3 is 1. The zero-order valence-corrected chi connectivity index (χ0v) is 11.4. The fraction of sp³-hybridized carbons (Fsp3) is 0.615. The van der Waals surface area contributed by atoms with Gasteiger partial charge in [-0.15, -0.1) is 0 Å². The minimum Gasteiger partial charge on any atom is -0.469 e. The predicted molar refractivity (Wildman–Crippen MR) is 70.8 cm³/mol. The van der Waals surface area contributed by atoms with Crippen molar-refractivity contribution in [3.05, 3.63) is 22.4 Å². The maximum Gasteiger partial charge on any atom is 0.308 e. The van der Waals surface area contributed by atoms with Crippen molar-refractivity contribution in [1.29, 1.82) is 0 Å². The third-order valence-electron chi connectivity index (χ3n) is 3.14. The van der Waals surface area contributed by atoms with Crippen LogP contribution < -0.4 is 0 Å². The van der Waals surface area contributed by atoms with E-state index in [4.69, 9.17) is 4.74 Å². The summed E-state index contributed by atoms with van der Waals surface area (Å²) in [4.78, 5) is 13.6. The highest BCUT2D eigenvalue weighted by Crippen LogP contribution is 2.12. The van der Waals surface area contributed by atoms with Gasteiger partial charge in [0.25, 0.3) is 0 Å². The first-order valence-electron chi connectivity index (χ1n) is 6.20. The highest BCUT2D eigenvalue weighted by atomic mass is 32.1. The molecule has 5 heteroatoms. The standard InChI is InChI=1S/C13H19NO3S/c1-16-13(15)8-12-9-14(5-6-17-12)4-2-11-3-7-18-10-11/h3,7,10,12H,2,4-6,8-9H2,1H3. The highest BCUT2D eigenvalue weighted by Gasteiger charge is 2.22. The van der Waals surface area contributed by atoms with E-state index in [0.717, 1.165) is 26.1 Å². The molecule has 1 aliphatic heterocycles. The number of esters is 1. The molecule has 0 bridgehead atoms. The van der Waals surface area contributed by atoms with Crippen LogP contribution in [0.1, 0.15) is 12.0 Å². The van der Waals surface area contributed by atoms with Crippen LogP contribution in [0, 0.1) is 0 Å². The van der Waals surface area contributed by atoms with Gasteiger partial charge in [-0.3, -0.25) is 9.69 Å². The van der Waals surface area contributed by atoms with Crippen molar-refractivity contribution < 1.29 is 14.3 Å². The Morgan fingerprint density at radius 3 is 3.28 bits per heavy atom. The van der Waals surface area contributed by atoms with Crippen molar-refractivity contribution >= 4 is 17.3 Å². The van der Waals surface area contributed by atoms with E-state index >= 15 is 0 Å². The van der Waals surface area contributed by atoms with Crippen LogP contribution >= 0.6 is 11.3 Å². The molecule has 0 saturated carbocycles. The number of hydrogen-bond acceptors (Lipinski definition) is 5. The van der Waals surface area contributed by atoms with Crippen molar-refractivity contribution in [2.45, 2.75) is 18.9 Å². The molecule has 0 spiro atoms. The van der Waals surface area contributed by atoms with Crippen LogP contribution in [0.25, 0.3) is 0 Å². The molecule has 1 atom stereocenters. The summed E-state index contributed by atoms with van der Waals surface area (Å²) < 4.78 is 10.2. The van der Waals surface area contributed by atoms with Crippen molar-refractivity contribution in [2.75, 3.05) is 33.4 Å². The highest BCUT2D eigenvalue weighted by molar-refractivity contribution is 7.07. The molecule has 4 nitrogen and oxygen atoms in total. The van der Waals surface area contributed by atoms with E-state index in [-0.39, 0.29) is 12.1 Å². The Hall–Kier alpha value is -0.910. The molecule has 100 valence electrons. The number of ether oxygens (including phenoxy) is 2. The summed E-state index contributed by atoms with van der Waals surface area (Å²) in [5, 5.41) is 4.29. The van der Waals surface area contributed by atoms with E-state index in [1.54, 1.807) is 11.3 Å². The zero-order valence-electron chi connectivity index (χ0n) is 10.6. The Balaban J connectivity index is 1.74. The predicted octanol–water partition coefficient (Wildman–Crippen LogP) is 1.55. The van der Waals surface area contributed by atoms with E-state index in [1.165, 1.54) is 12.7 Å². The third-order valence-corrected chi connectivity index (χ3v) is 3.87. The molecule has 0 N–H and O–H groups in total. The van der Waals surface area contributed by atoms with Gasteiger partial charge >= 0.3 is 5.97 Å². The molecule has 1 fully saturated rings. The van der Waals surface area contributed by atoms with Crippen LogP contribution in [-0.2, 0) is 20.7 Å². The SMILES string of the molecule is COC(=O)CC1CN(CCc2ccsc2)CCO1. The molecule has 1 aliphatic rings. The van der Waals surface area contributed by atoms with E-state index in [1.807, 2.05) is 0 Å². The Bertz CT molecular complexity index is 366. The van der Waals surface area contributed by atoms with Gasteiger partial charge in [-0.05, 0) is 28.8 Å². The second kappa shape index (κ2) is 6.87. The molecule has 1 saturated heterocycles. The molecule has 0 aliphatic carbocycles. The fourth-order valence-electron chi connectivity index (χ4n) is 2.10. The van der Waals surface area contributed by atoms with Crippen LogP contribution in [0.4, 0.5) is 0 Å². The lowest BCUT2D eigenvalue weighted by molar-refractivity contribution is -0.145. The van der Waals surface area contributed by atoms with Gasteiger partial charge < -0.3 is 9.47 Å². The van der Waals surface area contributed by atoms with E-state index in [0.29, 0.717) is 13.0 Å². The normalized spacial score (nSPS) is 20.8. The molecule has 18 heavy (non-hydrogen) atoms. The molecular formula is C13H19NO3S. The topological polar surface area (TPSA) is 38.8 Å². The summed E-state index contributed by atoms with van der Waals surface area (Å²) in [7, 11) is 1.42. The summed E-state index contributed by atoms with van der Waals surface area (Å²) in [6, 6.07) is 2.16. The Labute approximate surface area is 111 Å². The van der Waals surface area contributed by atoms with Crippen LogP contribution in [0.2, 0.25) is 0 Å². The number of nitrogens with zero attached hydrogens (tertiary/aromatic N) is 1. The number of carbonyl (C=O) groups excluding carboxylic acids is 1. The molecule has 1 aromatic rings. The first-order valence-corrected chi connectivity index (χ1v) is 7.14. The Morgan fingerprint density at radius 1 is 1.67 bits per heavy atom. The van der Waals surface area contributed by atoms with Gasteiger partial charge in [-0.2, -0.15) is 11.3 Å². The first-order chi connectivity index (χ1) is 8.78. The number of thiophene rings is 1. The molecule has 0 radical (unpaired) electrons. The van der Waals surface area contributed by atoms with Crippen molar-refractivity contribution in [1.82, 2.24) is 4.90 Å². The molecule has 2 heterocycles. The quantitative estimate of drug-likeness (QED) is 0.760. The second-order valence-corrected chi connectivity index (χ2v) is 5.24. The summed E-state index contributed by atoms with van der Waals surface area (Å²) in [5.74, 6) is -0.195. The minimum atomic E-state index is -0.195. The van der Waals surface area contributed by atoms with E-state index in [2.05, 4.69) is 26.5 Å². The number of morpholine rings is 1. The molecule has 0 amide bonds. The summed E-state index contributed by atoms with van der Waals surface area (Å²) in [6.45, 7) is 3.49. The van der Waals surface area contributed by atoms with Gasteiger partial charge in [0.15, 0.2) is 0 Å². The van der Waals surface area contributed by atoms with E-state index < -0.39 is 0 Å². The van der Waals surface area contributed by atoms with Gasteiger partial charge in [-0.1, -0.05) is 0 Å². The van der Waals surface area contributed by atoms with Gasteiger partial charge in [0.2, 0.25) is 0 Å². The molecule has 1 unspecified atom stereocenters. The van der Waals surface area contributed by atoms with Gasteiger partial charge in [-0.25, -0.2) is 0 Å². The fourth-order valence-corrected chi connectivity index (χ4v) is 2.80. The van der Waals surface area contributed by atoms with Crippen LogP contribution in [0.15, 0.2) is 16.8 Å². The Morgan fingerprint density at radius 2 is 2.56 bits per heavy atom. The van der Waals surface area contributed by atoms with Crippen molar-refractivity contribution in [2.24, 2.45) is 0 Å².